The van der Waals surface area contributed by atoms with Crippen molar-refractivity contribution in [1.82, 2.24) is 25.0 Å². The molecule has 0 aliphatic heterocycles. The molecule has 1 aromatic carbocycles. The van der Waals surface area contributed by atoms with Gasteiger partial charge in [-0.15, -0.1) is 10.2 Å². The number of carbonyl (C=O) groups is 1. The molecule has 124 valence electrons. The van der Waals surface area contributed by atoms with Gasteiger partial charge >= 0.3 is 6.03 Å². The Labute approximate surface area is 133 Å². The maximum Gasteiger partial charge on any atom is 0.318 e. The Morgan fingerprint density at radius 2 is 2.13 bits per heavy atom. The Balaban J connectivity index is 2.03. The highest BCUT2D eigenvalue weighted by atomic mass is 19.2. The smallest absolute Gasteiger partial charge is 0.318 e. The van der Waals surface area contributed by atoms with Gasteiger partial charge in [0.2, 0.25) is 0 Å². The molecule has 1 atom stereocenters. The predicted molar refractivity (Wildman–Crippen MR) is 80.4 cm³/mol. The van der Waals surface area contributed by atoms with Crippen molar-refractivity contribution in [3.8, 4) is 0 Å². The molecule has 2 rings (SSSR count). The predicted octanol–water partition coefficient (Wildman–Crippen LogP) is 2.39. The number of hydrogen-bond acceptors (Lipinski definition) is 3. The van der Waals surface area contributed by atoms with Crippen LogP contribution in [0, 0.1) is 11.6 Å². The molecule has 0 aliphatic carbocycles. The average molecular weight is 323 g/mol. The quantitative estimate of drug-likeness (QED) is 0.919. The molecular formula is C15H19F2N5O. The zero-order valence-electron chi connectivity index (χ0n) is 13.3. The molecule has 0 unspecified atom stereocenters. The van der Waals surface area contributed by atoms with Crippen LogP contribution in [-0.2, 0) is 13.6 Å². The highest BCUT2D eigenvalue weighted by Gasteiger charge is 2.18. The molecule has 2 aromatic rings. The molecule has 0 saturated heterocycles. The van der Waals surface area contributed by atoms with Crippen molar-refractivity contribution in [2.24, 2.45) is 7.05 Å². The summed E-state index contributed by atoms with van der Waals surface area (Å²) >= 11 is 0. The Hall–Kier alpha value is -2.51. The molecule has 0 fully saturated rings. The third-order valence-electron chi connectivity index (χ3n) is 3.50. The van der Waals surface area contributed by atoms with Gasteiger partial charge in [0.05, 0.1) is 6.04 Å². The number of nitrogens with one attached hydrogen (secondary N) is 1. The first-order valence-corrected chi connectivity index (χ1v) is 7.25. The van der Waals surface area contributed by atoms with Crippen LogP contribution in [0.1, 0.15) is 31.3 Å². The van der Waals surface area contributed by atoms with E-state index in [9.17, 15) is 13.6 Å². The van der Waals surface area contributed by atoms with Crippen LogP contribution in [0.5, 0.6) is 0 Å². The molecule has 23 heavy (non-hydrogen) atoms. The van der Waals surface area contributed by atoms with Gasteiger partial charge < -0.3 is 14.8 Å². The lowest BCUT2D eigenvalue weighted by molar-refractivity contribution is 0.194. The summed E-state index contributed by atoms with van der Waals surface area (Å²) in [5.74, 6) is -1.20. The average Bonchev–Trinajstić information content (AvgIpc) is 2.94. The molecule has 1 aromatic heterocycles. The van der Waals surface area contributed by atoms with Crippen LogP contribution < -0.4 is 5.32 Å². The minimum Gasteiger partial charge on any atom is -0.328 e. The van der Waals surface area contributed by atoms with Crippen molar-refractivity contribution in [3.05, 3.63) is 47.5 Å². The third kappa shape index (κ3) is 4.02. The van der Waals surface area contributed by atoms with Crippen molar-refractivity contribution in [1.29, 1.82) is 0 Å². The number of aromatic nitrogens is 3. The zero-order valence-corrected chi connectivity index (χ0v) is 13.3. The van der Waals surface area contributed by atoms with E-state index in [2.05, 4.69) is 15.5 Å². The number of aryl methyl sites for hydroxylation is 1. The number of halogens is 2. The summed E-state index contributed by atoms with van der Waals surface area (Å²) in [4.78, 5) is 13.8. The molecule has 1 N–H and O–H groups in total. The lowest BCUT2D eigenvalue weighted by Crippen LogP contribution is -2.41. The maximum absolute atomic E-state index is 13.3. The molecule has 0 bridgehead atoms. The van der Waals surface area contributed by atoms with Crippen molar-refractivity contribution in [2.75, 3.05) is 6.54 Å². The Bertz CT molecular complexity index is 688. The lowest BCUT2D eigenvalue weighted by Gasteiger charge is -2.23. The van der Waals surface area contributed by atoms with Gasteiger partial charge in [-0.05, 0) is 31.5 Å². The van der Waals surface area contributed by atoms with E-state index in [4.69, 9.17) is 0 Å². The van der Waals surface area contributed by atoms with Crippen molar-refractivity contribution >= 4 is 6.03 Å². The van der Waals surface area contributed by atoms with Crippen molar-refractivity contribution in [2.45, 2.75) is 26.4 Å². The Morgan fingerprint density at radius 3 is 2.70 bits per heavy atom. The number of urea groups is 1. The van der Waals surface area contributed by atoms with E-state index >= 15 is 0 Å². The second-order valence-electron chi connectivity index (χ2n) is 5.23. The van der Waals surface area contributed by atoms with E-state index in [1.54, 1.807) is 24.9 Å². The first kappa shape index (κ1) is 16.9. The Morgan fingerprint density at radius 1 is 1.39 bits per heavy atom. The monoisotopic (exact) mass is 323 g/mol. The van der Waals surface area contributed by atoms with Gasteiger partial charge in [-0.1, -0.05) is 6.07 Å². The SMILES string of the molecule is CCN(Cc1ccc(F)c(F)c1)C(=O)N[C@@H](C)c1nncn1C. The summed E-state index contributed by atoms with van der Waals surface area (Å²) < 4.78 is 27.9. The molecule has 0 radical (unpaired) electrons. The van der Waals surface area contributed by atoms with Gasteiger partial charge in [0.25, 0.3) is 0 Å². The van der Waals surface area contributed by atoms with Crippen molar-refractivity contribution in [3.63, 3.8) is 0 Å². The molecule has 0 saturated carbocycles. The maximum atomic E-state index is 13.3. The molecule has 0 aliphatic rings. The molecule has 1 heterocycles. The van der Waals surface area contributed by atoms with Gasteiger partial charge in [-0.25, -0.2) is 13.6 Å². The summed E-state index contributed by atoms with van der Waals surface area (Å²) in [6, 6.07) is 2.97. The summed E-state index contributed by atoms with van der Waals surface area (Å²) in [7, 11) is 1.79. The van der Waals surface area contributed by atoms with E-state index in [1.807, 2.05) is 6.92 Å². The standard InChI is InChI=1S/C15H19F2N5O/c1-4-22(8-11-5-6-12(16)13(17)7-11)15(23)19-10(2)14-20-18-9-21(14)3/h5-7,9-10H,4,8H2,1-3H3,(H,19,23)/t10-/m0/s1. The highest BCUT2D eigenvalue weighted by molar-refractivity contribution is 5.74. The number of benzene rings is 1. The summed E-state index contributed by atoms with van der Waals surface area (Å²) in [6.07, 6.45) is 1.55. The van der Waals surface area contributed by atoms with Gasteiger partial charge in [-0.2, -0.15) is 0 Å². The van der Waals surface area contributed by atoms with Crippen LogP contribution >= 0.6 is 0 Å². The minimum absolute atomic E-state index is 0.186. The molecule has 8 heteroatoms. The second kappa shape index (κ2) is 7.17. The first-order chi connectivity index (χ1) is 10.9. The molecule has 0 spiro atoms. The number of hydrogen-bond donors (Lipinski definition) is 1. The van der Waals surface area contributed by atoms with E-state index in [1.165, 1.54) is 11.0 Å². The van der Waals surface area contributed by atoms with Gasteiger partial charge in [0, 0.05) is 20.1 Å². The van der Waals surface area contributed by atoms with Crippen LogP contribution in [0.15, 0.2) is 24.5 Å². The fraction of sp³-hybridized carbons (Fsp3) is 0.400. The topological polar surface area (TPSA) is 63.1 Å². The summed E-state index contributed by atoms with van der Waals surface area (Å²) in [5, 5.41) is 10.5. The van der Waals surface area contributed by atoms with Crippen LogP contribution in [0.4, 0.5) is 13.6 Å². The van der Waals surface area contributed by atoms with E-state index in [0.717, 1.165) is 12.1 Å². The van der Waals surface area contributed by atoms with Crippen molar-refractivity contribution < 1.29 is 13.6 Å². The van der Waals surface area contributed by atoms with Crippen LogP contribution in [0.3, 0.4) is 0 Å². The Kier molecular flexibility index (Phi) is 5.25. The van der Waals surface area contributed by atoms with Crippen LogP contribution in [-0.4, -0.2) is 32.2 Å². The minimum atomic E-state index is -0.925. The second-order valence-corrected chi connectivity index (χ2v) is 5.23. The summed E-state index contributed by atoms with van der Waals surface area (Å²) in [6.45, 7) is 4.22. The largest absolute Gasteiger partial charge is 0.328 e. The van der Waals surface area contributed by atoms with Crippen LogP contribution in [0.2, 0.25) is 0 Å². The van der Waals surface area contributed by atoms with E-state index in [0.29, 0.717) is 17.9 Å². The molecule has 6 nitrogen and oxygen atoms in total. The summed E-state index contributed by atoms with van der Waals surface area (Å²) in [5.41, 5.74) is 0.521. The number of amides is 2. The zero-order chi connectivity index (χ0) is 17.0. The lowest BCUT2D eigenvalue weighted by atomic mass is 10.2. The highest BCUT2D eigenvalue weighted by Crippen LogP contribution is 2.13. The van der Waals surface area contributed by atoms with Gasteiger partial charge in [0.15, 0.2) is 17.5 Å². The van der Waals surface area contributed by atoms with E-state index < -0.39 is 11.6 Å². The van der Waals surface area contributed by atoms with Crippen LogP contribution in [0.25, 0.3) is 0 Å². The first-order valence-electron chi connectivity index (χ1n) is 7.25. The molecular weight excluding hydrogens is 304 g/mol. The van der Waals surface area contributed by atoms with Gasteiger partial charge in [-0.3, -0.25) is 0 Å². The number of nitrogens with zero attached hydrogens (tertiary/aromatic N) is 4. The fourth-order valence-electron chi connectivity index (χ4n) is 2.21. The molecule has 2 amide bonds. The number of rotatable bonds is 5. The fourth-order valence-corrected chi connectivity index (χ4v) is 2.21. The van der Waals surface area contributed by atoms with Gasteiger partial charge in [0.1, 0.15) is 6.33 Å². The van der Waals surface area contributed by atoms with E-state index in [-0.39, 0.29) is 18.6 Å². The normalized spacial score (nSPS) is 12.0. The third-order valence-corrected chi connectivity index (χ3v) is 3.50. The number of carbonyl (C=O) groups excluding carboxylic acids is 1.